The summed E-state index contributed by atoms with van der Waals surface area (Å²) in [7, 11) is 0. The van der Waals surface area contributed by atoms with Crippen LogP contribution in [0.1, 0.15) is 72.1 Å². The van der Waals surface area contributed by atoms with Gasteiger partial charge >= 0.3 is 5.97 Å². The van der Waals surface area contributed by atoms with Crippen LogP contribution < -0.4 is 5.32 Å². The molecular weight excluding hydrogens is 601 g/mol. The van der Waals surface area contributed by atoms with Gasteiger partial charge in [-0.25, -0.2) is 4.39 Å². The number of allylic oxidation sites excluding steroid dienone is 11. The molecule has 47 heavy (non-hydrogen) atoms. The van der Waals surface area contributed by atoms with Gasteiger partial charge in [0, 0.05) is 28.4 Å². The molecule has 1 amide bonds. The molecule has 0 aromatic rings. The number of carbonyl (C=O) groups excluding carboxylic acids is 4. The summed E-state index contributed by atoms with van der Waals surface area (Å²) in [6, 6.07) is 0. The quantitative estimate of drug-likeness (QED) is 0.349. The summed E-state index contributed by atoms with van der Waals surface area (Å²) in [5, 5.41) is 26.7. The van der Waals surface area contributed by atoms with Crippen LogP contribution in [0.3, 0.4) is 0 Å². The summed E-state index contributed by atoms with van der Waals surface area (Å²) in [5.41, 5.74) is -4.92. The number of Topliss-reactive ketones (excluding diaryl/α,β-unsaturated/α-hetero) is 1. The average Bonchev–Trinajstić information content (AvgIpc) is 3.23. The standard InChI is InChI=1S/C38H46FNO7/c1-23-19-30-29-16-15-26-20-28(41)17-18-35(26,2)37(29,39)31(42)21-36(30,3)38(23,46)32(43)22-47-34(45)25-13-11-24(12-14-25)33(44)40-27-9-7-5-4-6-8-10-27/h4-10,17-18,20,23-25,29-31,42,46H,11-16,19,21-22H2,1-3H3,(H,40,44)/b5-4-,6-4?,7-5?,8-6-,9-7?,10-8?,27-9?,27-10?/t23-,24?,25?,29+,30+,31+,35+,36+,37+,38+/m1/s1. The lowest BCUT2D eigenvalue weighted by molar-refractivity contribution is -0.220. The molecule has 3 N–H and O–H groups in total. The highest BCUT2D eigenvalue weighted by Gasteiger charge is 2.75. The van der Waals surface area contributed by atoms with E-state index in [0.717, 1.165) is 0 Å². The van der Waals surface area contributed by atoms with E-state index in [2.05, 4.69) is 5.32 Å². The number of fused-ring (bicyclic) bond motifs is 5. The van der Waals surface area contributed by atoms with Crippen molar-refractivity contribution in [3.63, 3.8) is 0 Å². The van der Waals surface area contributed by atoms with Crippen molar-refractivity contribution < 1.29 is 38.5 Å². The van der Waals surface area contributed by atoms with Crippen LogP contribution in [0, 0.1) is 40.4 Å². The van der Waals surface area contributed by atoms with E-state index in [9.17, 15) is 29.4 Å². The van der Waals surface area contributed by atoms with E-state index in [-0.39, 0.29) is 24.0 Å². The molecule has 0 unspecified atom stereocenters. The Morgan fingerprint density at radius 3 is 2.40 bits per heavy atom. The first kappa shape index (κ1) is 33.5. The molecule has 9 heteroatoms. The van der Waals surface area contributed by atoms with Crippen LogP contribution in [0.2, 0.25) is 0 Å². The third kappa shape index (κ3) is 5.25. The predicted molar refractivity (Wildman–Crippen MR) is 173 cm³/mol. The Labute approximate surface area is 275 Å². The van der Waals surface area contributed by atoms with Gasteiger partial charge in [-0.1, -0.05) is 55.9 Å². The zero-order chi connectivity index (χ0) is 33.8. The molecule has 4 saturated carbocycles. The van der Waals surface area contributed by atoms with Crippen LogP contribution in [0.5, 0.6) is 0 Å². The Balaban J connectivity index is 1.09. The van der Waals surface area contributed by atoms with Gasteiger partial charge in [-0.05, 0) is 94.4 Å². The number of carbonyl (C=O) groups is 4. The molecule has 0 aromatic carbocycles. The molecule has 0 aliphatic heterocycles. The molecule has 0 spiro atoms. The Morgan fingerprint density at radius 1 is 0.979 bits per heavy atom. The first-order valence-electron chi connectivity index (χ1n) is 17.0. The minimum absolute atomic E-state index is 0.0970. The summed E-state index contributed by atoms with van der Waals surface area (Å²) >= 11 is 0. The van der Waals surface area contributed by atoms with E-state index in [1.165, 1.54) is 12.2 Å². The zero-order valence-corrected chi connectivity index (χ0v) is 27.4. The number of alkyl halides is 1. The van der Waals surface area contributed by atoms with Crippen LogP contribution in [0.15, 0.2) is 72.0 Å². The van der Waals surface area contributed by atoms with Crippen molar-refractivity contribution in [1.29, 1.82) is 0 Å². The molecule has 252 valence electrons. The minimum atomic E-state index is -2.06. The third-order valence-electron chi connectivity index (χ3n) is 12.7. The number of amides is 1. The van der Waals surface area contributed by atoms with Crippen LogP contribution in [0.4, 0.5) is 4.39 Å². The van der Waals surface area contributed by atoms with Crippen molar-refractivity contribution in [2.45, 2.75) is 89.5 Å². The SMILES string of the molecule is C[C@@H]1C[C@H]2[C@@H]3CCC4=CC(=O)C=C[C@]4(C)[C@@]3(F)[C@@H](O)C[C@]2(C)[C@@]1(O)C(=O)COC(=O)C1CCC(C(=O)NC2=C/C=C\C=C/C=C2)CC1. The number of esters is 1. The third-order valence-corrected chi connectivity index (χ3v) is 12.7. The number of aliphatic hydroxyl groups is 2. The van der Waals surface area contributed by atoms with Crippen molar-refractivity contribution in [1.82, 2.24) is 5.32 Å². The highest BCUT2D eigenvalue weighted by Crippen LogP contribution is 2.70. The number of ketones is 2. The lowest BCUT2D eigenvalue weighted by Crippen LogP contribution is -2.69. The van der Waals surface area contributed by atoms with Crippen LogP contribution in [0.25, 0.3) is 0 Å². The molecule has 0 saturated heterocycles. The van der Waals surface area contributed by atoms with Crippen molar-refractivity contribution >= 4 is 23.4 Å². The molecule has 6 rings (SSSR count). The second-order valence-electron chi connectivity index (χ2n) is 15.0. The smallest absolute Gasteiger partial charge is 0.309 e. The molecular formula is C38H46FNO7. The van der Waals surface area contributed by atoms with Gasteiger partial charge in [-0.3, -0.25) is 19.2 Å². The number of rotatable bonds is 6. The van der Waals surface area contributed by atoms with Gasteiger partial charge in [0.25, 0.3) is 0 Å². The lowest BCUT2D eigenvalue weighted by atomic mass is 9.44. The normalized spacial score (nSPS) is 43.6. The predicted octanol–water partition coefficient (Wildman–Crippen LogP) is 4.94. The van der Waals surface area contributed by atoms with Crippen LogP contribution in [-0.4, -0.2) is 57.6 Å². The molecule has 8 atom stereocenters. The van der Waals surface area contributed by atoms with Gasteiger partial charge in [0.15, 0.2) is 18.1 Å². The number of hydrogen-bond donors (Lipinski definition) is 3. The average molecular weight is 648 g/mol. The largest absolute Gasteiger partial charge is 0.457 e. The molecule has 6 aliphatic rings. The molecule has 0 radical (unpaired) electrons. The lowest BCUT2D eigenvalue weighted by Gasteiger charge is -2.62. The number of hydrogen-bond acceptors (Lipinski definition) is 7. The van der Waals surface area contributed by atoms with Gasteiger partial charge in [-0.15, -0.1) is 0 Å². The van der Waals surface area contributed by atoms with Gasteiger partial charge in [-0.2, -0.15) is 0 Å². The number of aliphatic hydroxyl groups excluding tert-OH is 1. The molecule has 8 nitrogen and oxygen atoms in total. The first-order valence-corrected chi connectivity index (χ1v) is 17.0. The van der Waals surface area contributed by atoms with Gasteiger partial charge in [0.1, 0.15) is 5.60 Å². The van der Waals surface area contributed by atoms with Gasteiger partial charge in [0.2, 0.25) is 11.7 Å². The van der Waals surface area contributed by atoms with Crippen molar-refractivity contribution in [2.24, 2.45) is 40.4 Å². The first-order chi connectivity index (χ1) is 22.3. The minimum Gasteiger partial charge on any atom is -0.457 e. The fourth-order valence-corrected chi connectivity index (χ4v) is 9.99. The number of nitrogens with one attached hydrogen (secondary N) is 1. The molecule has 6 aliphatic carbocycles. The number of ether oxygens (including phenoxy) is 1. The fourth-order valence-electron chi connectivity index (χ4n) is 9.99. The van der Waals surface area contributed by atoms with Crippen molar-refractivity contribution in [3.8, 4) is 0 Å². The molecule has 0 heterocycles. The van der Waals surface area contributed by atoms with Crippen molar-refractivity contribution in [2.75, 3.05) is 6.61 Å². The Bertz CT molecular complexity index is 1530. The summed E-state index contributed by atoms with van der Waals surface area (Å²) in [5.74, 6) is -3.73. The second kappa shape index (κ2) is 12.2. The van der Waals surface area contributed by atoms with Gasteiger partial charge in [0.05, 0.1) is 12.0 Å². The second-order valence-corrected chi connectivity index (χ2v) is 15.0. The highest BCUT2D eigenvalue weighted by molar-refractivity contribution is 6.01. The van der Waals surface area contributed by atoms with E-state index >= 15 is 4.39 Å². The molecule has 4 fully saturated rings. The summed E-state index contributed by atoms with van der Waals surface area (Å²) < 4.78 is 22.9. The van der Waals surface area contributed by atoms with Crippen LogP contribution >= 0.6 is 0 Å². The summed E-state index contributed by atoms with van der Waals surface area (Å²) in [6.45, 7) is 4.66. The number of halogens is 1. The van der Waals surface area contributed by atoms with E-state index < -0.39 is 70.2 Å². The maximum Gasteiger partial charge on any atom is 0.309 e. The summed E-state index contributed by atoms with van der Waals surface area (Å²) in [6.07, 6.45) is 19.0. The molecule has 0 aromatic heterocycles. The Hall–Kier alpha value is -3.43. The molecule has 0 bridgehead atoms. The highest BCUT2D eigenvalue weighted by atomic mass is 19.1. The Kier molecular flexibility index (Phi) is 8.71. The summed E-state index contributed by atoms with van der Waals surface area (Å²) in [4.78, 5) is 51.9. The van der Waals surface area contributed by atoms with Crippen molar-refractivity contribution in [3.05, 3.63) is 72.0 Å². The Morgan fingerprint density at radius 2 is 1.66 bits per heavy atom. The maximum atomic E-state index is 17.4. The van der Waals surface area contributed by atoms with Crippen LogP contribution in [-0.2, 0) is 23.9 Å². The fraction of sp³-hybridized carbons (Fsp3) is 0.579. The van der Waals surface area contributed by atoms with E-state index in [0.29, 0.717) is 56.2 Å². The monoisotopic (exact) mass is 647 g/mol. The van der Waals surface area contributed by atoms with E-state index in [1.54, 1.807) is 26.8 Å². The zero-order valence-electron chi connectivity index (χ0n) is 27.4. The van der Waals surface area contributed by atoms with Gasteiger partial charge < -0.3 is 20.3 Å². The maximum absolute atomic E-state index is 17.4. The topological polar surface area (TPSA) is 130 Å². The van der Waals surface area contributed by atoms with E-state index in [4.69, 9.17) is 4.74 Å². The van der Waals surface area contributed by atoms with E-state index in [1.807, 2.05) is 42.5 Å².